The fourth-order valence-corrected chi connectivity index (χ4v) is 2.43. The maximum absolute atomic E-state index is 13.0. The molecule has 7 heteroatoms. The van der Waals surface area contributed by atoms with Crippen molar-refractivity contribution in [2.75, 3.05) is 0 Å². The van der Waals surface area contributed by atoms with E-state index in [1.165, 1.54) is 24.5 Å². The van der Waals surface area contributed by atoms with E-state index in [1.807, 2.05) is 0 Å². The second-order valence-electron chi connectivity index (χ2n) is 3.76. The molecule has 0 radical (unpaired) electrons. The van der Waals surface area contributed by atoms with Crippen LogP contribution < -0.4 is 0 Å². The Morgan fingerprint density at radius 3 is 2.37 bits per heavy atom. The fourth-order valence-electron chi connectivity index (χ4n) is 1.65. The monoisotopic (exact) mass is 398 g/mol. The van der Waals surface area contributed by atoms with Gasteiger partial charge in [0.1, 0.15) is 6.10 Å². The Hall–Kier alpha value is -0.790. The summed E-state index contributed by atoms with van der Waals surface area (Å²) in [7, 11) is 0. The van der Waals surface area contributed by atoms with Crippen LogP contribution >= 0.6 is 31.9 Å². The minimum Gasteiger partial charge on any atom is -0.465 e. The first-order chi connectivity index (χ1) is 8.80. The normalized spacial score (nSPS) is 13.6. The first-order valence-electron chi connectivity index (χ1n) is 5.08. The summed E-state index contributed by atoms with van der Waals surface area (Å²) in [6.45, 7) is 0. The van der Waals surface area contributed by atoms with Crippen molar-refractivity contribution in [3.8, 4) is 0 Å². The van der Waals surface area contributed by atoms with Crippen LogP contribution in [0.25, 0.3) is 0 Å². The Kier molecular flexibility index (Phi) is 4.08. The fraction of sp³-hybridized carbons (Fsp3) is 0.167. The molecule has 0 saturated heterocycles. The van der Waals surface area contributed by atoms with Gasteiger partial charge < -0.3 is 9.52 Å². The van der Waals surface area contributed by atoms with E-state index in [0.29, 0.717) is 4.47 Å². The molecule has 0 aliphatic heterocycles. The zero-order valence-corrected chi connectivity index (χ0v) is 12.4. The number of hydrogen-bond donors (Lipinski definition) is 1. The minimum atomic E-state index is -4.56. The topological polar surface area (TPSA) is 33.4 Å². The zero-order valence-electron chi connectivity index (χ0n) is 9.21. The van der Waals surface area contributed by atoms with Crippen molar-refractivity contribution < 1.29 is 22.7 Å². The molecule has 1 atom stereocenters. The molecule has 0 amide bonds. The van der Waals surface area contributed by atoms with Gasteiger partial charge in [-0.15, -0.1) is 0 Å². The minimum absolute atomic E-state index is 0.0350. The van der Waals surface area contributed by atoms with Crippen LogP contribution in [0.5, 0.6) is 0 Å². The third-order valence-electron chi connectivity index (χ3n) is 2.51. The van der Waals surface area contributed by atoms with Crippen LogP contribution in [0.3, 0.4) is 0 Å². The smallest absolute Gasteiger partial charge is 0.416 e. The van der Waals surface area contributed by atoms with E-state index in [-0.39, 0.29) is 15.8 Å². The predicted molar refractivity (Wildman–Crippen MR) is 69.6 cm³/mol. The highest BCUT2D eigenvalue weighted by Crippen LogP contribution is 2.39. The molecule has 0 saturated carbocycles. The molecule has 2 aromatic rings. The maximum atomic E-state index is 13.0. The molecule has 0 fully saturated rings. The number of furan rings is 1. The summed E-state index contributed by atoms with van der Waals surface area (Å²) >= 11 is 6.10. The van der Waals surface area contributed by atoms with E-state index < -0.39 is 17.8 Å². The summed E-state index contributed by atoms with van der Waals surface area (Å²) in [6.07, 6.45) is -4.76. The van der Waals surface area contributed by atoms with Gasteiger partial charge in [-0.1, -0.05) is 22.0 Å². The first kappa shape index (κ1) is 14.6. The van der Waals surface area contributed by atoms with E-state index in [1.54, 1.807) is 0 Å². The van der Waals surface area contributed by atoms with Crippen molar-refractivity contribution in [3.63, 3.8) is 0 Å². The van der Waals surface area contributed by atoms with Gasteiger partial charge in [0, 0.05) is 10.0 Å². The molecule has 19 heavy (non-hydrogen) atoms. The number of aliphatic hydroxyl groups excluding tert-OH is 1. The van der Waals surface area contributed by atoms with E-state index >= 15 is 0 Å². The molecule has 0 aliphatic carbocycles. The van der Waals surface area contributed by atoms with Gasteiger partial charge in [-0.25, -0.2) is 0 Å². The molecule has 2 rings (SSSR count). The van der Waals surface area contributed by atoms with Crippen LogP contribution in [0.1, 0.15) is 23.0 Å². The van der Waals surface area contributed by atoms with Crippen molar-refractivity contribution >= 4 is 31.9 Å². The molecule has 0 spiro atoms. The second-order valence-corrected chi connectivity index (χ2v) is 5.53. The van der Waals surface area contributed by atoms with Crippen LogP contribution in [0.2, 0.25) is 0 Å². The molecule has 2 nitrogen and oxygen atoms in total. The van der Waals surface area contributed by atoms with Gasteiger partial charge in [0.15, 0.2) is 5.76 Å². The average molecular weight is 400 g/mol. The van der Waals surface area contributed by atoms with Gasteiger partial charge in [0.25, 0.3) is 0 Å². The van der Waals surface area contributed by atoms with E-state index in [2.05, 4.69) is 31.9 Å². The molecule has 1 aromatic carbocycles. The summed E-state index contributed by atoms with van der Waals surface area (Å²) < 4.78 is 44.6. The van der Waals surface area contributed by atoms with Crippen LogP contribution in [0.4, 0.5) is 13.2 Å². The van der Waals surface area contributed by atoms with E-state index in [4.69, 9.17) is 4.42 Å². The van der Waals surface area contributed by atoms with Crippen LogP contribution in [-0.4, -0.2) is 5.11 Å². The molecule has 1 unspecified atom stereocenters. The standard InChI is InChI=1S/C12H7Br2F3O2/c13-6-1-2-7(8(5-6)12(15,16)17)10(18)11-9(14)3-4-19-11/h1-5,10,18H. The van der Waals surface area contributed by atoms with Crippen LogP contribution in [-0.2, 0) is 6.18 Å². The number of hydrogen-bond acceptors (Lipinski definition) is 2. The third-order valence-corrected chi connectivity index (χ3v) is 3.66. The van der Waals surface area contributed by atoms with E-state index in [0.717, 1.165) is 6.07 Å². The van der Waals surface area contributed by atoms with Crippen molar-refractivity contribution in [2.24, 2.45) is 0 Å². The van der Waals surface area contributed by atoms with Crippen LogP contribution in [0, 0.1) is 0 Å². The number of alkyl halides is 3. The SMILES string of the molecule is OC(c1ccc(Br)cc1C(F)(F)F)c1occc1Br. The lowest BCUT2D eigenvalue weighted by Crippen LogP contribution is -2.12. The Balaban J connectivity index is 2.54. The molecule has 1 aromatic heterocycles. The van der Waals surface area contributed by atoms with Crippen molar-refractivity contribution in [3.05, 3.63) is 56.4 Å². The molecule has 1 heterocycles. The maximum Gasteiger partial charge on any atom is 0.416 e. The summed E-state index contributed by atoms with van der Waals surface area (Å²) in [6, 6.07) is 5.08. The molecule has 1 N–H and O–H groups in total. The number of aliphatic hydroxyl groups is 1. The lowest BCUT2D eigenvalue weighted by Gasteiger charge is -2.17. The highest BCUT2D eigenvalue weighted by molar-refractivity contribution is 9.10. The van der Waals surface area contributed by atoms with Gasteiger partial charge in [0.2, 0.25) is 0 Å². The molecule has 102 valence electrons. The van der Waals surface area contributed by atoms with Crippen molar-refractivity contribution in [1.29, 1.82) is 0 Å². The third kappa shape index (κ3) is 3.04. The first-order valence-corrected chi connectivity index (χ1v) is 6.67. The Labute approximate surface area is 123 Å². The summed E-state index contributed by atoms with van der Waals surface area (Å²) in [5.41, 5.74) is -1.16. The average Bonchev–Trinajstić information content (AvgIpc) is 2.73. The lowest BCUT2D eigenvalue weighted by molar-refractivity contribution is -0.139. The highest BCUT2D eigenvalue weighted by atomic mass is 79.9. The molecular weight excluding hydrogens is 393 g/mol. The summed E-state index contributed by atoms with van der Waals surface area (Å²) in [5.74, 6) is 0.0350. The zero-order chi connectivity index (χ0) is 14.2. The number of halogens is 5. The van der Waals surface area contributed by atoms with Gasteiger partial charge in [-0.05, 0) is 34.1 Å². The van der Waals surface area contributed by atoms with Gasteiger partial charge in [0.05, 0.1) is 16.3 Å². The van der Waals surface area contributed by atoms with Crippen molar-refractivity contribution in [1.82, 2.24) is 0 Å². The largest absolute Gasteiger partial charge is 0.465 e. The molecule has 0 aliphatic rings. The second kappa shape index (κ2) is 5.30. The Morgan fingerprint density at radius 1 is 1.16 bits per heavy atom. The predicted octanol–water partition coefficient (Wildman–Crippen LogP) is 4.91. The highest BCUT2D eigenvalue weighted by Gasteiger charge is 2.36. The molecule has 0 bridgehead atoms. The quantitative estimate of drug-likeness (QED) is 0.778. The van der Waals surface area contributed by atoms with Gasteiger partial charge >= 0.3 is 6.18 Å². The molecular formula is C12H7Br2F3O2. The summed E-state index contributed by atoms with van der Waals surface area (Å²) in [5, 5.41) is 10.1. The van der Waals surface area contributed by atoms with Crippen LogP contribution in [0.15, 0.2) is 43.9 Å². The Bertz CT molecular complexity index is 593. The van der Waals surface area contributed by atoms with Gasteiger partial charge in [-0.2, -0.15) is 13.2 Å². The van der Waals surface area contributed by atoms with E-state index in [9.17, 15) is 18.3 Å². The Morgan fingerprint density at radius 2 is 1.84 bits per heavy atom. The summed E-state index contributed by atoms with van der Waals surface area (Å²) in [4.78, 5) is 0. The number of benzene rings is 1. The van der Waals surface area contributed by atoms with Crippen molar-refractivity contribution in [2.45, 2.75) is 12.3 Å². The lowest BCUT2D eigenvalue weighted by atomic mass is 10.0. The number of rotatable bonds is 2. The van der Waals surface area contributed by atoms with Gasteiger partial charge in [-0.3, -0.25) is 0 Å².